The Morgan fingerprint density at radius 3 is 2.62 bits per heavy atom. The number of primary amides is 1. The van der Waals surface area contributed by atoms with Gasteiger partial charge in [0.25, 0.3) is 11.5 Å². The first kappa shape index (κ1) is 29.4. The molecule has 1 aromatic heterocycles. The Kier molecular flexibility index (Phi) is 9.02. The molecule has 0 aliphatic carbocycles. The van der Waals surface area contributed by atoms with Crippen molar-refractivity contribution in [1.82, 2.24) is 20.2 Å². The zero-order valence-corrected chi connectivity index (χ0v) is 21.3. The molecule has 17 nitrogen and oxygen atoms in total. The number of aliphatic hydroxyl groups is 3. The van der Waals surface area contributed by atoms with Gasteiger partial charge in [0, 0.05) is 25.9 Å². The number of carbonyl (C=O) groups excluding carboxylic acids is 3. The number of hydrogen-bond acceptors (Lipinski definition) is 12. The molecule has 9 atom stereocenters. The van der Waals surface area contributed by atoms with Gasteiger partial charge in [-0.15, -0.1) is 0 Å². The van der Waals surface area contributed by atoms with Crippen LogP contribution in [0.5, 0.6) is 0 Å². The van der Waals surface area contributed by atoms with Gasteiger partial charge in [0.1, 0.15) is 36.6 Å². The minimum absolute atomic E-state index is 0.374. The second kappa shape index (κ2) is 12.3. The monoisotopic (exact) mass is 569 g/mol. The van der Waals surface area contributed by atoms with E-state index in [0.717, 1.165) is 29.3 Å². The van der Waals surface area contributed by atoms with E-state index in [9.17, 15) is 39.3 Å². The second-order valence-corrected chi connectivity index (χ2v) is 9.47. The van der Waals surface area contributed by atoms with Gasteiger partial charge in [-0.1, -0.05) is 0 Å². The van der Waals surface area contributed by atoms with Gasteiger partial charge >= 0.3 is 5.69 Å². The molecule has 3 aliphatic rings. The number of aliphatic hydroxyl groups excluding tert-OH is 3. The Morgan fingerprint density at radius 2 is 1.95 bits per heavy atom. The minimum atomic E-state index is -1.84. The average Bonchev–Trinajstić information content (AvgIpc) is 3.08. The lowest BCUT2D eigenvalue weighted by Crippen LogP contribution is -2.54. The number of amides is 3. The van der Waals surface area contributed by atoms with Crippen molar-refractivity contribution in [2.75, 3.05) is 13.7 Å². The summed E-state index contributed by atoms with van der Waals surface area (Å²) >= 11 is 0. The van der Waals surface area contributed by atoms with E-state index < -0.39 is 84.0 Å². The Hall–Kier alpha value is -3.61. The van der Waals surface area contributed by atoms with Gasteiger partial charge in [-0.25, -0.2) is 4.79 Å². The van der Waals surface area contributed by atoms with E-state index in [0.29, 0.717) is 19.4 Å². The van der Waals surface area contributed by atoms with Crippen molar-refractivity contribution in [3.05, 3.63) is 44.9 Å². The summed E-state index contributed by atoms with van der Waals surface area (Å²) in [5, 5.41) is 36.8. The molecule has 0 radical (unpaired) electrons. The number of rotatable bonds is 8. The van der Waals surface area contributed by atoms with Crippen molar-refractivity contribution < 1.29 is 48.7 Å². The Bertz CT molecular complexity index is 1260. The third kappa shape index (κ3) is 6.08. The first-order valence-electron chi connectivity index (χ1n) is 12.5. The Labute approximate surface area is 225 Å². The van der Waals surface area contributed by atoms with E-state index in [2.05, 4.69) is 10.6 Å². The van der Waals surface area contributed by atoms with Crippen LogP contribution in [0.2, 0.25) is 0 Å². The fraction of sp³-hybridized carbons (Fsp3) is 0.609. The zero-order valence-electron chi connectivity index (χ0n) is 21.3. The number of aromatic amines is 1. The van der Waals surface area contributed by atoms with Crippen LogP contribution in [0.1, 0.15) is 25.5 Å². The van der Waals surface area contributed by atoms with Crippen molar-refractivity contribution in [2.45, 2.75) is 74.4 Å². The lowest BCUT2D eigenvalue weighted by atomic mass is 10.0. The summed E-state index contributed by atoms with van der Waals surface area (Å²) < 4.78 is 22.9. The number of nitrogens with two attached hydrogens (primary N) is 1. The highest BCUT2D eigenvalue weighted by Crippen LogP contribution is 2.34. The van der Waals surface area contributed by atoms with Crippen molar-refractivity contribution in [3.8, 4) is 0 Å². The molecule has 0 spiro atoms. The van der Waals surface area contributed by atoms with Crippen LogP contribution in [0.25, 0.3) is 0 Å². The molecule has 0 bridgehead atoms. The highest BCUT2D eigenvalue weighted by atomic mass is 16.7. The summed E-state index contributed by atoms with van der Waals surface area (Å²) in [7, 11) is 1.19. The highest BCUT2D eigenvalue weighted by molar-refractivity contribution is 5.95. The molecule has 3 aliphatic heterocycles. The maximum atomic E-state index is 12.8. The number of H-pyrrole nitrogens is 1. The van der Waals surface area contributed by atoms with Gasteiger partial charge in [-0.05, 0) is 25.3 Å². The lowest BCUT2D eigenvalue weighted by molar-refractivity contribution is -0.241. The minimum Gasteiger partial charge on any atom is -0.456 e. The van der Waals surface area contributed by atoms with E-state index >= 15 is 0 Å². The summed E-state index contributed by atoms with van der Waals surface area (Å²) in [5.41, 5.74) is 3.91. The standard InChI is InChI=1S/C23H31N5O12/c1-37-15-14(32)21(28-7-5-12(30)27-23(28)36)39-16(15)17(18(24)33)40-22-13(31)10(29)8-11(38-22)20(35)26-9-4-2-3-6-25-19(9)34/h5,7-10,13-17,21-22,29,31-32H,2-4,6H2,1H3,(H2,24,33)(H,25,34)(H,26,35)(H,27,30,36). The summed E-state index contributed by atoms with van der Waals surface area (Å²) in [6, 6.07) is 0.158. The molecule has 1 aromatic rings. The first-order valence-corrected chi connectivity index (χ1v) is 12.5. The van der Waals surface area contributed by atoms with Crippen LogP contribution < -0.4 is 27.6 Å². The molecule has 2 fully saturated rings. The van der Waals surface area contributed by atoms with E-state index in [1.54, 1.807) is 0 Å². The molecule has 17 heteroatoms. The highest BCUT2D eigenvalue weighted by Gasteiger charge is 2.52. The third-order valence-corrected chi connectivity index (χ3v) is 6.76. The smallest absolute Gasteiger partial charge is 0.330 e. The van der Waals surface area contributed by atoms with Gasteiger partial charge in [-0.3, -0.25) is 28.7 Å². The fourth-order valence-electron chi connectivity index (χ4n) is 4.69. The SMILES string of the molecule is COC1C(O)C(n2ccc(=O)[nH]c2=O)OC1C(OC1OC(C(=O)NC2CCCCNC2=O)=CC(O)C1O)C(N)=O. The van der Waals surface area contributed by atoms with Crippen molar-refractivity contribution in [3.63, 3.8) is 0 Å². The number of ether oxygens (including phenoxy) is 4. The fourth-order valence-corrected chi connectivity index (χ4v) is 4.69. The number of nitrogens with one attached hydrogen (secondary N) is 3. The van der Waals surface area contributed by atoms with E-state index in [-0.39, 0.29) is 5.91 Å². The number of aromatic nitrogens is 2. The molecular weight excluding hydrogens is 538 g/mol. The summed E-state index contributed by atoms with van der Waals surface area (Å²) in [6.07, 6.45) is -9.13. The molecule has 0 saturated carbocycles. The van der Waals surface area contributed by atoms with E-state index in [1.165, 1.54) is 7.11 Å². The van der Waals surface area contributed by atoms with Crippen LogP contribution in [-0.2, 0) is 33.3 Å². The largest absolute Gasteiger partial charge is 0.456 e. The van der Waals surface area contributed by atoms with Crippen LogP contribution in [0, 0.1) is 0 Å². The predicted molar refractivity (Wildman–Crippen MR) is 130 cm³/mol. The molecule has 0 aromatic carbocycles. The van der Waals surface area contributed by atoms with Gasteiger partial charge < -0.3 is 50.6 Å². The molecule has 2 saturated heterocycles. The lowest BCUT2D eigenvalue weighted by Gasteiger charge is -2.35. The first-order chi connectivity index (χ1) is 19.0. The van der Waals surface area contributed by atoms with E-state index in [1.807, 2.05) is 4.98 Å². The summed E-state index contributed by atoms with van der Waals surface area (Å²) in [5.74, 6) is -2.91. The summed E-state index contributed by atoms with van der Waals surface area (Å²) in [4.78, 5) is 63.2. The van der Waals surface area contributed by atoms with Crippen LogP contribution >= 0.6 is 0 Å². The normalized spacial score (nSPS) is 33.2. The van der Waals surface area contributed by atoms with Crippen LogP contribution in [-0.4, -0.2) is 105 Å². The molecule has 40 heavy (non-hydrogen) atoms. The maximum Gasteiger partial charge on any atom is 0.330 e. The maximum absolute atomic E-state index is 12.8. The molecule has 4 rings (SSSR count). The number of methoxy groups -OCH3 is 1. The molecule has 220 valence electrons. The zero-order chi connectivity index (χ0) is 29.1. The molecular formula is C23H31N5O12. The van der Waals surface area contributed by atoms with E-state index in [4.69, 9.17) is 24.7 Å². The average molecular weight is 570 g/mol. The van der Waals surface area contributed by atoms with Gasteiger partial charge in [0.15, 0.2) is 18.1 Å². The number of carbonyl (C=O) groups is 3. The number of nitrogens with zero attached hydrogens (tertiary/aromatic N) is 1. The topological polar surface area (TPSA) is 254 Å². The molecule has 8 N–H and O–H groups in total. The molecule has 9 unspecified atom stereocenters. The Morgan fingerprint density at radius 1 is 1.20 bits per heavy atom. The van der Waals surface area contributed by atoms with Crippen LogP contribution in [0.3, 0.4) is 0 Å². The summed E-state index contributed by atoms with van der Waals surface area (Å²) in [6.45, 7) is 0.470. The Balaban J connectivity index is 1.52. The van der Waals surface area contributed by atoms with Crippen LogP contribution in [0.15, 0.2) is 33.7 Å². The van der Waals surface area contributed by atoms with Crippen LogP contribution in [0.4, 0.5) is 0 Å². The molecule has 4 heterocycles. The second-order valence-electron chi connectivity index (χ2n) is 9.47. The predicted octanol–water partition coefficient (Wildman–Crippen LogP) is -4.57. The number of hydrogen-bond donors (Lipinski definition) is 7. The van der Waals surface area contributed by atoms with Crippen molar-refractivity contribution in [2.24, 2.45) is 5.73 Å². The quantitative estimate of drug-likeness (QED) is 0.156. The van der Waals surface area contributed by atoms with Gasteiger partial charge in [0.05, 0.1) is 0 Å². The van der Waals surface area contributed by atoms with Gasteiger partial charge in [0.2, 0.25) is 18.1 Å². The molecule has 3 amide bonds. The third-order valence-electron chi connectivity index (χ3n) is 6.76. The van der Waals surface area contributed by atoms with Crippen molar-refractivity contribution >= 4 is 17.7 Å². The van der Waals surface area contributed by atoms with Gasteiger partial charge in [-0.2, -0.15) is 0 Å². The van der Waals surface area contributed by atoms with Crippen molar-refractivity contribution in [1.29, 1.82) is 0 Å².